The zero-order chi connectivity index (χ0) is 19.2. The Labute approximate surface area is 159 Å². The van der Waals surface area contributed by atoms with Crippen LogP contribution in [0.5, 0.6) is 11.5 Å². The summed E-state index contributed by atoms with van der Waals surface area (Å²) in [6.45, 7) is 8.05. The van der Waals surface area contributed by atoms with E-state index in [2.05, 4.69) is 0 Å². The van der Waals surface area contributed by atoms with Crippen molar-refractivity contribution in [2.75, 3.05) is 0 Å². The standard InChI is InChI=1S/C22H16O3.C2H6/c1-13-7-9-17-19(11-13)24-20-12-14(2)8-10-18(20)22(17)16-6-4-3-5-15(16)21(23)25-22;1-2/h3-12H,1-2H3;1-2H3. The topological polar surface area (TPSA) is 35.5 Å². The molecule has 0 aromatic heterocycles. The van der Waals surface area contributed by atoms with Crippen molar-refractivity contribution in [3.63, 3.8) is 0 Å². The second kappa shape index (κ2) is 6.27. The number of aryl methyl sites for hydroxylation is 2. The van der Waals surface area contributed by atoms with Crippen molar-refractivity contribution in [1.82, 2.24) is 0 Å². The van der Waals surface area contributed by atoms with Crippen LogP contribution in [-0.4, -0.2) is 5.97 Å². The fraction of sp³-hybridized carbons (Fsp3) is 0.208. The first-order valence-electron chi connectivity index (χ1n) is 9.32. The fourth-order valence-electron chi connectivity index (χ4n) is 3.89. The number of carbonyl (C=O) groups is 1. The molecule has 0 saturated heterocycles. The molecule has 0 bridgehead atoms. The van der Waals surface area contributed by atoms with Crippen LogP contribution in [0, 0.1) is 13.8 Å². The Morgan fingerprint density at radius 2 is 1.30 bits per heavy atom. The molecule has 3 aromatic rings. The van der Waals surface area contributed by atoms with E-state index >= 15 is 0 Å². The Hall–Kier alpha value is -3.07. The predicted octanol–water partition coefficient (Wildman–Crippen LogP) is 5.90. The molecule has 0 saturated carbocycles. The van der Waals surface area contributed by atoms with Crippen LogP contribution in [0.1, 0.15) is 52.0 Å². The van der Waals surface area contributed by atoms with Gasteiger partial charge in [-0.1, -0.05) is 56.3 Å². The van der Waals surface area contributed by atoms with Crippen molar-refractivity contribution in [2.45, 2.75) is 33.3 Å². The molecular formula is C24H22O3. The number of ether oxygens (including phenoxy) is 2. The first-order valence-corrected chi connectivity index (χ1v) is 9.32. The van der Waals surface area contributed by atoms with Crippen LogP contribution in [0.3, 0.4) is 0 Å². The molecule has 0 fully saturated rings. The largest absolute Gasteiger partial charge is 0.456 e. The molecule has 0 unspecified atom stereocenters. The van der Waals surface area contributed by atoms with Crippen molar-refractivity contribution < 1.29 is 14.3 Å². The van der Waals surface area contributed by atoms with Crippen LogP contribution in [0.2, 0.25) is 0 Å². The van der Waals surface area contributed by atoms with Crippen LogP contribution in [0.15, 0.2) is 60.7 Å². The van der Waals surface area contributed by atoms with Crippen molar-refractivity contribution in [1.29, 1.82) is 0 Å². The Morgan fingerprint density at radius 1 is 0.741 bits per heavy atom. The van der Waals surface area contributed by atoms with Crippen molar-refractivity contribution in [2.24, 2.45) is 0 Å². The van der Waals surface area contributed by atoms with Gasteiger partial charge in [0.25, 0.3) is 0 Å². The summed E-state index contributed by atoms with van der Waals surface area (Å²) in [7, 11) is 0. The lowest BCUT2D eigenvalue weighted by atomic mass is 9.77. The third-order valence-electron chi connectivity index (χ3n) is 5.02. The Kier molecular flexibility index (Phi) is 4.03. The summed E-state index contributed by atoms with van der Waals surface area (Å²) < 4.78 is 12.3. The van der Waals surface area contributed by atoms with E-state index in [4.69, 9.17) is 9.47 Å². The van der Waals surface area contributed by atoms with Gasteiger partial charge < -0.3 is 9.47 Å². The first kappa shape index (κ1) is 17.3. The Balaban J connectivity index is 0.000000872. The van der Waals surface area contributed by atoms with Crippen LogP contribution in [0.4, 0.5) is 0 Å². The second-order valence-corrected chi connectivity index (χ2v) is 6.72. The number of rotatable bonds is 0. The van der Waals surface area contributed by atoms with E-state index in [0.717, 1.165) is 39.3 Å². The quantitative estimate of drug-likeness (QED) is 0.470. The van der Waals surface area contributed by atoms with Crippen LogP contribution in [-0.2, 0) is 10.3 Å². The number of hydrogen-bond acceptors (Lipinski definition) is 3. The van der Waals surface area contributed by atoms with Gasteiger partial charge in [-0.2, -0.15) is 0 Å². The highest BCUT2D eigenvalue weighted by Gasteiger charge is 2.53. The van der Waals surface area contributed by atoms with E-state index in [1.54, 1.807) is 0 Å². The molecule has 0 radical (unpaired) electrons. The smallest absolute Gasteiger partial charge is 0.340 e. The van der Waals surface area contributed by atoms with Crippen LogP contribution >= 0.6 is 0 Å². The van der Waals surface area contributed by atoms with E-state index in [-0.39, 0.29) is 5.97 Å². The van der Waals surface area contributed by atoms with Gasteiger partial charge >= 0.3 is 5.97 Å². The van der Waals surface area contributed by atoms with Crippen LogP contribution < -0.4 is 4.74 Å². The fourth-order valence-corrected chi connectivity index (χ4v) is 3.89. The van der Waals surface area contributed by atoms with Crippen molar-refractivity contribution >= 4 is 5.97 Å². The first-order chi connectivity index (χ1) is 13.1. The molecule has 5 rings (SSSR count). The highest BCUT2D eigenvalue weighted by atomic mass is 16.6. The van der Waals surface area contributed by atoms with Gasteiger partial charge in [-0.3, -0.25) is 0 Å². The normalized spacial score (nSPS) is 14.9. The molecule has 3 aromatic carbocycles. The molecule has 2 aliphatic heterocycles. The maximum Gasteiger partial charge on any atom is 0.340 e. The zero-order valence-electron chi connectivity index (χ0n) is 16.0. The molecule has 0 N–H and O–H groups in total. The molecule has 3 nitrogen and oxygen atoms in total. The van der Waals surface area contributed by atoms with Gasteiger partial charge in [-0.05, 0) is 43.2 Å². The number of benzene rings is 3. The maximum atomic E-state index is 12.6. The van der Waals surface area contributed by atoms with Crippen molar-refractivity contribution in [3.8, 4) is 11.5 Å². The van der Waals surface area contributed by atoms with E-state index in [9.17, 15) is 4.79 Å². The number of hydrogen-bond donors (Lipinski definition) is 0. The Morgan fingerprint density at radius 3 is 1.89 bits per heavy atom. The van der Waals surface area contributed by atoms with E-state index in [1.165, 1.54) is 0 Å². The summed E-state index contributed by atoms with van der Waals surface area (Å²) in [6.07, 6.45) is 0. The van der Waals surface area contributed by atoms with E-state index in [0.29, 0.717) is 5.56 Å². The molecular weight excluding hydrogens is 336 g/mol. The number of fused-ring (bicyclic) bond motifs is 6. The molecule has 0 amide bonds. The molecule has 0 atom stereocenters. The Bertz CT molecular complexity index is 998. The lowest BCUT2D eigenvalue weighted by molar-refractivity contribution is 0.0224. The second-order valence-electron chi connectivity index (χ2n) is 6.72. The zero-order valence-corrected chi connectivity index (χ0v) is 16.0. The highest BCUT2D eigenvalue weighted by Crippen LogP contribution is 2.56. The molecule has 1 spiro atoms. The lowest BCUT2D eigenvalue weighted by Crippen LogP contribution is -2.33. The molecule has 0 aliphatic carbocycles. The number of esters is 1. The van der Waals surface area contributed by atoms with Gasteiger partial charge in [0.15, 0.2) is 5.60 Å². The van der Waals surface area contributed by atoms with E-state index in [1.807, 2.05) is 88.4 Å². The maximum absolute atomic E-state index is 12.6. The van der Waals surface area contributed by atoms with Crippen LogP contribution in [0.25, 0.3) is 0 Å². The van der Waals surface area contributed by atoms with Gasteiger partial charge in [0.1, 0.15) is 11.5 Å². The molecule has 136 valence electrons. The average Bonchev–Trinajstić information content (AvgIpc) is 2.97. The molecule has 2 aliphatic rings. The van der Waals surface area contributed by atoms with Gasteiger partial charge in [0.2, 0.25) is 0 Å². The van der Waals surface area contributed by atoms with Gasteiger partial charge in [0.05, 0.1) is 5.56 Å². The van der Waals surface area contributed by atoms with Gasteiger partial charge in [-0.25, -0.2) is 4.79 Å². The summed E-state index contributed by atoms with van der Waals surface area (Å²) in [5.74, 6) is 1.18. The summed E-state index contributed by atoms with van der Waals surface area (Å²) in [5.41, 5.74) is 4.48. The minimum Gasteiger partial charge on any atom is -0.456 e. The SMILES string of the molecule is CC.Cc1ccc2c(c1)Oc1cc(C)ccc1C21OC(=O)c2ccccc21. The predicted molar refractivity (Wildman–Crippen MR) is 106 cm³/mol. The monoisotopic (exact) mass is 358 g/mol. The van der Waals surface area contributed by atoms with E-state index < -0.39 is 5.60 Å². The molecule has 27 heavy (non-hydrogen) atoms. The van der Waals surface area contributed by atoms with Gasteiger partial charge in [-0.15, -0.1) is 0 Å². The third kappa shape index (κ3) is 2.38. The summed E-state index contributed by atoms with van der Waals surface area (Å²) in [4.78, 5) is 12.6. The average molecular weight is 358 g/mol. The molecule has 2 heterocycles. The van der Waals surface area contributed by atoms with Crippen molar-refractivity contribution in [3.05, 3.63) is 94.0 Å². The minimum atomic E-state index is -0.946. The van der Waals surface area contributed by atoms with Gasteiger partial charge in [0, 0.05) is 16.7 Å². The summed E-state index contributed by atoms with van der Waals surface area (Å²) >= 11 is 0. The minimum absolute atomic E-state index is 0.296. The molecule has 3 heteroatoms. The summed E-state index contributed by atoms with van der Waals surface area (Å²) in [5, 5.41) is 0. The highest BCUT2D eigenvalue weighted by molar-refractivity contribution is 5.97. The number of carbonyl (C=O) groups excluding carboxylic acids is 1. The lowest BCUT2D eigenvalue weighted by Gasteiger charge is -2.36. The third-order valence-corrected chi connectivity index (χ3v) is 5.02. The summed E-state index contributed by atoms with van der Waals surface area (Å²) in [6, 6.07) is 19.7.